The third-order valence-electron chi connectivity index (χ3n) is 5.53. The van der Waals surface area contributed by atoms with E-state index in [-0.39, 0.29) is 11.9 Å². The molecular formula is C22H24N2O. The fraction of sp³-hybridized carbons (Fsp3) is 0.318. The molecule has 0 saturated carbocycles. The Morgan fingerprint density at radius 3 is 2.56 bits per heavy atom. The van der Waals surface area contributed by atoms with E-state index in [0.717, 1.165) is 30.5 Å². The molecule has 0 saturated heterocycles. The van der Waals surface area contributed by atoms with Gasteiger partial charge < -0.3 is 9.47 Å². The highest BCUT2D eigenvalue weighted by Crippen LogP contribution is 2.43. The van der Waals surface area contributed by atoms with Gasteiger partial charge in [0, 0.05) is 41.3 Å². The summed E-state index contributed by atoms with van der Waals surface area (Å²) in [5.41, 5.74) is 5.73. The van der Waals surface area contributed by atoms with E-state index in [2.05, 4.69) is 60.7 Å². The molecule has 3 heteroatoms. The molecule has 1 aliphatic rings. The summed E-state index contributed by atoms with van der Waals surface area (Å²) in [7, 11) is 2.11. The Bertz CT molecular complexity index is 954. The molecule has 1 aliphatic heterocycles. The van der Waals surface area contributed by atoms with Crippen molar-refractivity contribution >= 4 is 16.8 Å². The number of amides is 1. The van der Waals surface area contributed by atoms with Crippen LogP contribution in [0.2, 0.25) is 0 Å². The number of aromatic nitrogens is 1. The topological polar surface area (TPSA) is 25.2 Å². The molecule has 2 aromatic carbocycles. The average molecular weight is 332 g/mol. The number of carbonyl (C=O) groups excluding carboxylic acids is 1. The first kappa shape index (κ1) is 15.9. The van der Waals surface area contributed by atoms with Crippen molar-refractivity contribution in [3.05, 3.63) is 70.9 Å². The number of fused-ring (bicyclic) bond motifs is 2. The molecule has 128 valence electrons. The van der Waals surface area contributed by atoms with Gasteiger partial charge in [-0.2, -0.15) is 0 Å². The summed E-state index contributed by atoms with van der Waals surface area (Å²) in [4.78, 5) is 15.1. The molecule has 0 spiro atoms. The first-order valence-corrected chi connectivity index (χ1v) is 9.09. The van der Waals surface area contributed by atoms with Gasteiger partial charge in [-0.1, -0.05) is 49.7 Å². The highest BCUT2D eigenvalue weighted by atomic mass is 16.2. The number of para-hydroxylation sites is 1. The Morgan fingerprint density at radius 1 is 1.04 bits per heavy atom. The van der Waals surface area contributed by atoms with Gasteiger partial charge in [0.25, 0.3) is 5.91 Å². The molecular weight excluding hydrogens is 308 g/mol. The van der Waals surface area contributed by atoms with Crippen molar-refractivity contribution in [2.75, 3.05) is 6.54 Å². The Balaban J connectivity index is 1.96. The van der Waals surface area contributed by atoms with Crippen LogP contribution >= 0.6 is 0 Å². The Kier molecular flexibility index (Phi) is 3.87. The van der Waals surface area contributed by atoms with Crippen molar-refractivity contribution in [3.63, 3.8) is 0 Å². The summed E-state index contributed by atoms with van der Waals surface area (Å²) >= 11 is 0. The summed E-state index contributed by atoms with van der Waals surface area (Å²) in [6, 6.07) is 16.6. The lowest BCUT2D eigenvalue weighted by molar-refractivity contribution is 0.0747. The van der Waals surface area contributed by atoms with Gasteiger partial charge in [-0.15, -0.1) is 0 Å². The van der Waals surface area contributed by atoms with E-state index in [1.807, 2.05) is 18.2 Å². The van der Waals surface area contributed by atoms with E-state index in [9.17, 15) is 4.79 Å². The molecule has 0 bridgehead atoms. The fourth-order valence-corrected chi connectivity index (χ4v) is 4.14. The zero-order valence-corrected chi connectivity index (χ0v) is 15.1. The first-order valence-electron chi connectivity index (χ1n) is 9.09. The average Bonchev–Trinajstić information content (AvgIpc) is 3.06. The summed E-state index contributed by atoms with van der Waals surface area (Å²) in [5.74, 6) is 0.168. The molecule has 25 heavy (non-hydrogen) atoms. The standard InChI is InChI=1S/C22H24N2O/c1-4-5-14-24-21(16-10-6-7-11-17(16)22(24)25)20-15(2)23(3)19-13-9-8-12-18(19)20/h6-13,21H,4-5,14H2,1-3H3/t21-/m1/s1. The van der Waals surface area contributed by atoms with E-state index in [4.69, 9.17) is 0 Å². The SMILES string of the molecule is CCCCN1C(=O)c2ccccc2[C@@H]1c1c(C)n(C)c2ccccc12. The molecule has 0 unspecified atom stereocenters. The maximum Gasteiger partial charge on any atom is 0.255 e. The highest BCUT2D eigenvalue weighted by Gasteiger charge is 2.39. The quantitative estimate of drug-likeness (QED) is 0.671. The van der Waals surface area contributed by atoms with Gasteiger partial charge in [-0.25, -0.2) is 0 Å². The number of hydrogen-bond acceptors (Lipinski definition) is 1. The Hall–Kier alpha value is -2.55. The van der Waals surface area contributed by atoms with Gasteiger partial charge >= 0.3 is 0 Å². The van der Waals surface area contributed by atoms with E-state index in [1.54, 1.807) is 0 Å². The van der Waals surface area contributed by atoms with Crippen molar-refractivity contribution in [1.82, 2.24) is 9.47 Å². The second-order valence-corrected chi connectivity index (χ2v) is 6.92. The van der Waals surface area contributed by atoms with Crippen LogP contribution in [0.5, 0.6) is 0 Å². The Labute approximate surface area is 148 Å². The zero-order valence-electron chi connectivity index (χ0n) is 15.1. The molecule has 3 nitrogen and oxygen atoms in total. The predicted octanol–water partition coefficient (Wildman–Crippen LogP) is 4.83. The number of aryl methyl sites for hydroxylation is 1. The maximum atomic E-state index is 13.1. The minimum atomic E-state index is 0.0151. The van der Waals surface area contributed by atoms with Crippen LogP contribution in [0.25, 0.3) is 10.9 Å². The second-order valence-electron chi connectivity index (χ2n) is 6.92. The molecule has 0 N–H and O–H groups in total. The lowest BCUT2D eigenvalue weighted by Crippen LogP contribution is -2.30. The number of unbranched alkanes of at least 4 members (excludes halogenated alkanes) is 1. The lowest BCUT2D eigenvalue weighted by atomic mass is 9.95. The molecule has 1 aromatic heterocycles. The van der Waals surface area contributed by atoms with Crippen LogP contribution in [-0.4, -0.2) is 21.9 Å². The molecule has 1 atom stereocenters. The molecule has 3 aromatic rings. The minimum absolute atomic E-state index is 0.0151. The normalized spacial score (nSPS) is 16.7. The van der Waals surface area contributed by atoms with Crippen molar-refractivity contribution in [3.8, 4) is 0 Å². The lowest BCUT2D eigenvalue weighted by Gasteiger charge is -2.26. The first-order chi connectivity index (χ1) is 12.1. The van der Waals surface area contributed by atoms with Gasteiger partial charge in [0.05, 0.1) is 6.04 Å². The molecule has 1 amide bonds. The van der Waals surface area contributed by atoms with E-state index >= 15 is 0 Å². The monoisotopic (exact) mass is 332 g/mol. The molecule has 2 heterocycles. The predicted molar refractivity (Wildman–Crippen MR) is 102 cm³/mol. The third-order valence-corrected chi connectivity index (χ3v) is 5.53. The fourth-order valence-electron chi connectivity index (χ4n) is 4.14. The van der Waals surface area contributed by atoms with Crippen LogP contribution in [-0.2, 0) is 7.05 Å². The van der Waals surface area contributed by atoms with Gasteiger partial charge in [0.2, 0.25) is 0 Å². The van der Waals surface area contributed by atoms with Crippen molar-refractivity contribution in [1.29, 1.82) is 0 Å². The second kappa shape index (κ2) is 6.07. The largest absolute Gasteiger partial charge is 0.348 e. The molecule has 0 fully saturated rings. The molecule has 4 rings (SSSR count). The summed E-state index contributed by atoms with van der Waals surface area (Å²) in [5, 5.41) is 1.25. The van der Waals surface area contributed by atoms with E-state index < -0.39 is 0 Å². The third kappa shape index (κ3) is 2.30. The number of hydrogen-bond donors (Lipinski definition) is 0. The van der Waals surface area contributed by atoms with E-state index in [1.165, 1.54) is 22.2 Å². The Morgan fingerprint density at radius 2 is 1.76 bits per heavy atom. The van der Waals surface area contributed by atoms with Crippen molar-refractivity contribution < 1.29 is 4.79 Å². The maximum absolute atomic E-state index is 13.1. The van der Waals surface area contributed by atoms with Gasteiger partial charge in [-0.05, 0) is 31.0 Å². The van der Waals surface area contributed by atoms with Crippen LogP contribution in [0, 0.1) is 6.92 Å². The van der Waals surface area contributed by atoms with Crippen LogP contribution < -0.4 is 0 Å². The van der Waals surface area contributed by atoms with E-state index in [0.29, 0.717) is 0 Å². The highest BCUT2D eigenvalue weighted by molar-refractivity contribution is 6.01. The van der Waals surface area contributed by atoms with Crippen LogP contribution in [0.3, 0.4) is 0 Å². The number of rotatable bonds is 4. The van der Waals surface area contributed by atoms with Crippen LogP contribution in [0.1, 0.15) is 53.0 Å². The van der Waals surface area contributed by atoms with Gasteiger partial charge in [-0.3, -0.25) is 4.79 Å². The zero-order chi connectivity index (χ0) is 17.6. The summed E-state index contributed by atoms with van der Waals surface area (Å²) < 4.78 is 2.24. The van der Waals surface area contributed by atoms with Crippen LogP contribution in [0.4, 0.5) is 0 Å². The summed E-state index contributed by atoms with van der Waals surface area (Å²) in [6.45, 7) is 5.14. The summed E-state index contributed by atoms with van der Waals surface area (Å²) in [6.07, 6.45) is 2.11. The smallest absolute Gasteiger partial charge is 0.255 e. The van der Waals surface area contributed by atoms with Gasteiger partial charge in [0.15, 0.2) is 0 Å². The van der Waals surface area contributed by atoms with Crippen LogP contribution in [0.15, 0.2) is 48.5 Å². The van der Waals surface area contributed by atoms with Crippen molar-refractivity contribution in [2.45, 2.75) is 32.7 Å². The number of carbonyl (C=O) groups is 1. The number of benzene rings is 2. The van der Waals surface area contributed by atoms with Gasteiger partial charge in [0.1, 0.15) is 0 Å². The van der Waals surface area contributed by atoms with Crippen molar-refractivity contribution in [2.24, 2.45) is 7.05 Å². The molecule has 0 aliphatic carbocycles. The number of nitrogens with zero attached hydrogens (tertiary/aromatic N) is 2. The minimum Gasteiger partial charge on any atom is -0.348 e. The molecule has 0 radical (unpaired) electrons.